The van der Waals surface area contributed by atoms with Crippen LogP contribution in [0.25, 0.3) is 0 Å². The second-order valence-corrected chi connectivity index (χ2v) is 11.4. The van der Waals surface area contributed by atoms with Crippen LogP contribution in [0.3, 0.4) is 0 Å². The molecular formula is C23H34N4O3S. The second-order valence-electron chi connectivity index (χ2n) is 8.69. The van der Waals surface area contributed by atoms with E-state index in [0.717, 1.165) is 36.9 Å². The minimum Gasteiger partial charge on any atom is -0.468 e. The predicted octanol–water partition coefficient (Wildman–Crippen LogP) is 2.89. The molecule has 0 amide bonds. The zero-order valence-corrected chi connectivity index (χ0v) is 19.8. The molecule has 1 fully saturated rings. The molecule has 0 unspecified atom stereocenters. The maximum absolute atomic E-state index is 12.4. The first kappa shape index (κ1) is 23.3. The Bertz CT molecular complexity index is 984. The number of aliphatic imine (C=N–C) groups is 1. The van der Waals surface area contributed by atoms with Crippen LogP contribution >= 0.6 is 0 Å². The van der Waals surface area contributed by atoms with Gasteiger partial charge in [-0.15, -0.1) is 0 Å². The van der Waals surface area contributed by atoms with Gasteiger partial charge in [-0.3, -0.25) is 4.90 Å². The number of guanidine groups is 1. The average Bonchev–Trinajstić information content (AvgIpc) is 3.21. The van der Waals surface area contributed by atoms with Crippen LogP contribution in [0.1, 0.15) is 37.7 Å². The third-order valence-electron chi connectivity index (χ3n) is 5.64. The van der Waals surface area contributed by atoms with Gasteiger partial charge in [0.05, 0.1) is 29.9 Å². The smallest absolute Gasteiger partial charge is 0.194 e. The minimum absolute atomic E-state index is 0.151. The van der Waals surface area contributed by atoms with Crippen molar-refractivity contribution in [2.45, 2.75) is 45.2 Å². The zero-order chi connectivity index (χ0) is 22.5. The molecule has 0 bridgehead atoms. The Labute approximate surface area is 186 Å². The third kappa shape index (κ3) is 5.89. The first-order valence-corrected chi connectivity index (χ1v) is 12.4. The molecule has 31 heavy (non-hydrogen) atoms. The largest absolute Gasteiger partial charge is 0.468 e. The van der Waals surface area contributed by atoms with Crippen LogP contribution in [-0.4, -0.2) is 61.4 Å². The van der Waals surface area contributed by atoms with Gasteiger partial charge in [-0.1, -0.05) is 24.3 Å². The maximum atomic E-state index is 12.4. The minimum atomic E-state index is -3.09. The van der Waals surface area contributed by atoms with Crippen LogP contribution in [0.4, 0.5) is 0 Å². The molecule has 0 radical (unpaired) electrons. The lowest BCUT2D eigenvalue weighted by Crippen LogP contribution is -2.57. The Hall–Kier alpha value is -2.32. The number of nitrogens with zero attached hydrogens (tertiary/aromatic N) is 3. The van der Waals surface area contributed by atoms with E-state index >= 15 is 0 Å². The van der Waals surface area contributed by atoms with Crippen LogP contribution in [0.15, 0.2) is 52.1 Å². The SMILES string of the molecule is CCNC(=NCc1ccccc1CN(C)Cc1ccco1)N1CCS(=O)(=O)C(C)(C)C1. The van der Waals surface area contributed by atoms with E-state index in [0.29, 0.717) is 19.6 Å². The molecule has 2 aromatic rings. The number of sulfone groups is 1. The van der Waals surface area contributed by atoms with Gasteiger partial charge in [-0.25, -0.2) is 13.4 Å². The van der Waals surface area contributed by atoms with Crippen molar-refractivity contribution in [3.63, 3.8) is 0 Å². The first-order valence-electron chi connectivity index (χ1n) is 10.7. The average molecular weight is 447 g/mol. The summed E-state index contributed by atoms with van der Waals surface area (Å²) in [5, 5.41) is 3.34. The topological polar surface area (TPSA) is 78.2 Å². The van der Waals surface area contributed by atoms with Gasteiger partial charge in [-0.05, 0) is 51.1 Å². The molecule has 170 valence electrons. The number of hydrogen-bond donors (Lipinski definition) is 1. The Morgan fingerprint density at radius 3 is 2.58 bits per heavy atom. The van der Waals surface area contributed by atoms with Crippen LogP contribution in [-0.2, 0) is 29.5 Å². The van der Waals surface area contributed by atoms with Crippen molar-refractivity contribution in [2.75, 3.05) is 32.4 Å². The fraction of sp³-hybridized carbons (Fsp3) is 0.522. The van der Waals surface area contributed by atoms with Gasteiger partial charge in [-0.2, -0.15) is 0 Å². The van der Waals surface area contributed by atoms with E-state index in [1.165, 1.54) is 5.56 Å². The molecule has 7 nitrogen and oxygen atoms in total. The van der Waals surface area contributed by atoms with Crippen molar-refractivity contribution in [3.8, 4) is 0 Å². The summed E-state index contributed by atoms with van der Waals surface area (Å²) in [7, 11) is -1.02. The Balaban J connectivity index is 1.73. The molecule has 0 spiro atoms. The van der Waals surface area contributed by atoms with Gasteiger partial charge in [0.25, 0.3) is 0 Å². The first-order chi connectivity index (χ1) is 14.7. The van der Waals surface area contributed by atoms with E-state index in [-0.39, 0.29) is 5.75 Å². The van der Waals surface area contributed by atoms with Crippen molar-refractivity contribution >= 4 is 15.8 Å². The predicted molar refractivity (Wildman–Crippen MR) is 125 cm³/mol. The summed E-state index contributed by atoms with van der Waals surface area (Å²) in [6.45, 7) is 9.32. The van der Waals surface area contributed by atoms with E-state index in [9.17, 15) is 8.42 Å². The summed E-state index contributed by atoms with van der Waals surface area (Å²) in [5.74, 6) is 1.86. The quantitative estimate of drug-likeness (QED) is 0.521. The van der Waals surface area contributed by atoms with Gasteiger partial charge in [0.15, 0.2) is 15.8 Å². The highest BCUT2D eigenvalue weighted by molar-refractivity contribution is 7.92. The van der Waals surface area contributed by atoms with E-state index in [2.05, 4.69) is 34.3 Å². The molecule has 1 aliphatic heterocycles. The number of furan rings is 1. The van der Waals surface area contributed by atoms with Crippen molar-refractivity contribution in [1.29, 1.82) is 0 Å². The standard InChI is InChI=1S/C23H34N4O3S/c1-5-24-22(27-12-14-31(28,29)23(2,3)18-27)25-15-19-9-6-7-10-20(19)16-26(4)17-21-11-8-13-30-21/h6-11,13H,5,12,14-18H2,1-4H3,(H,24,25). The molecule has 1 saturated heterocycles. The van der Waals surface area contributed by atoms with Crippen LogP contribution < -0.4 is 5.32 Å². The van der Waals surface area contributed by atoms with Crippen LogP contribution in [0.2, 0.25) is 0 Å². The lowest BCUT2D eigenvalue weighted by atomic mass is 10.1. The van der Waals surface area contributed by atoms with Gasteiger partial charge in [0, 0.05) is 26.2 Å². The summed E-state index contributed by atoms with van der Waals surface area (Å²) >= 11 is 0. The summed E-state index contributed by atoms with van der Waals surface area (Å²) in [6, 6.07) is 12.2. The fourth-order valence-electron chi connectivity index (χ4n) is 3.79. The molecule has 0 aliphatic carbocycles. The number of hydrogen-bond acceptors (Lipinski definition) is 5. The van der Waals surface area contributed by atoms with Gasteiger partial charge >= 0.3 is 0 Å². The Morgan fingerprint density at radius 1 is 1.19 bits per heavy atom. The van der Waals surface area contributed by atoms with Crippen molar-refractivity contribution in [1.82, 2.24) is 15.1 Å². The van der Waals surface area contributed by atoms with Gasteiger partial charge < -0.3 is 14.6 Å². The molecule has 0 atom stereocenters. The lowest BCUT2D eigenvalue weighted by molar-refractivity contribution is 0.287. The second kappa shape index (κ2) is 9.87. The van der Waals surface area contributed by atoms with E-state index in [4.69, 9.17) is 9.41 Å². The van der Waals surface area contributed by atoms with Gasteiger partial charge in [0.1, 0.15) is 5.76 Å². The Kier molecular flexibility index (Phi) is 7.43. The van der Waals surface area contributed by atoms with Crippen LogP contribution in [0.5, 0.6) is 0 Å². The zero-order valence-electron chi connectivity index (χ0n) is 19.0. The summed E-state index contributed by atoms with van der Waals surface area (Å²) in [5.41, 5.74) is 2.38. The molecule has 8 heteroatoms. The molecule has 1 N–H and O–H groups in total. The molecule has 3 rings (SSSR count). The highest BCUT2D eigenvalue weighted by Gasteiger charge is 2.40. The fourth-order valence-corrected chi connectivity index (χ4v) is 5.16. The van der Waals surface area contributed by atoms with Crippen LogP contribution in [0, 0.1) is 0 Å². The van der Waals surface area contributed by atoms with Crippen molar-refractivity contribution in [2.24, 2.45) is 4.99 Å². The van der Waals surface area contributed by atoms with Crippen molar-refractivity contribution in [3.05, 3.63) is 59.5 Å². The highest BCUT2D eigenvalue weighted by atomic mass is 32.2. The maximum Gasteiger partial charge on any atom is 0.194 e. The molecule has 2 heterocycles. The number of nitrogens with one attached hydrogen (secondary N) is 1. The number of rotatable bonds is 7. The summed E-state index contributed by atoms with van der Waals surface area (Å²) < 4.78 is 29.4. The third-order valence-corrected chi connectivity index (χ3v) is 8.17. The van der Waals surface area contributed by atoms with Crippen molar-refractivity contribution < 1.29 is 12.8 Å². The molecule has 1 aromatic heterocycles. The normalized spacial score (nSPS) is 18.4. The molecular weight excluding hydrogens is 412 g/mol. The number of benzene rings is 1. The summed E-state index contributed by atoms with van der Waals surface area (Å²) in [4.78, 5) is 9.14. The molecule has 1 aromatic carbocycles. The molecule has 1 aliphatic rings. The molecule has 0 saturated carbocycles. The lowest BCUT2D eigenvalue weighted by Gasteiger charge is -2.39. The monoisotopic (exact) mass is 446 g/mol. The van der Waals surface area contributed by atoms with E-state index in [1.807, 2.05) is 31.2 Å². The highest BCUT2D eigenvalue weighted by Crippen LogP contribution is 2.24. The summed E-state index contributed by atoms with van der Waals surface area (Å²) in [6.07, 6.45) is 1.70. The Morgan fingerprint density at radius 2 is 1.94 bits per heavy atom. The van der Waals surface area contributed by atoms with Gasteiger partial charge in [0.2, 0.25) is 0 Å². The van der Waals surface area contributed by atoms with E-state index in [1.54, 1.807) is 20.1 Å². The van der Waals surface area contributed by atoms with E-state index < -0.39 is 14.6 Å².